The molecule has 0 atom stereocenters. The highest BCUT2D eigenvalue weighted by atomic mass is 35.5. The maximum Gasteiger partial charge on any atom is 0.258 e. The van der Waals surface area contributed by atoms with Gasteiger partial charge in [0.25, 0.3) is 5.91 Å². The van der Waals surface area contributed by atoms with Crippen LogP contribution in [0, 0.1) is 12.7 Å². The number of carbonyl (C=O) groups is 1. The lowest BCUT2D eigenvalue weighted by molar-refractivity contribution is 0.102. The van der Waals surface area contributed by atoms with Crippen molar-refractivity contribution >= 4 is 23.2 Å². The van der Waals surface area contributed by atoms with Crippen molar-refractivity contribution in [1.29, 1.82) is 0 Å². The number of rotatable bonds is 3. The minimum Gasteiger partial charge on any atom is -0.319 e. The van der Waals surface area contributed by atoms with Crippen LogP contribution in [0.2, 0.25) is 5.02 Å². The van der Waals surface area contributed by atoms with Gasteiger partial charge in [0.05, 0.1) is 34.4 Å². The summed E-state index contributed by atoms with van der Waals surface area (Å²) >= 11 is 6.11. The predicted octanol–water partition coefficient (Wildman–Crippen LogP) is 4.23. The van der Waals surface area contributed by atoms with Crippen LogP contribution >= 0.6 is 11.6 Å². The summed E-state index contributed by atoms with van der Waals surface area (Å²) in [5.41, 5.74) is 1.95. The zero-order valence-electron chi connectivity index (χ0n) is 12.3. The summed E-state index contributed by atoms with van der Waals surface area (Å²) < 4.78 is 15.3. The van der Waals surface area contributed by atoms with Crippen molar-refractivity contribution in [2.24, 2.45) is 0 Å². The number of hydrogen-bond donors (Lipinski definition) is 1. The molecule has 0 bridgehead atoms. The second-order valence-corrected chi connectivity index (χ2v) is 5.47. The van der Waals surface area contributed by atoms with Gasteiger partial charge in [0, 0.05) is 0 Å². The summed E-state index contributed by atoms with van der Waals surface area (Å²) in [6, 6.07) is 11.6. The zero-order valence-corrected chi connectivity index (χ0v) is 13.0. The Labute approximate surface area is 137 Å². The molecular weight excluding hydrogens is 317 g/mol. The third kappa shape index (κ3) is 3.24. The minimum absolute atomic E-state index is 0.00417. The van der Waals surface area contributed by atoms with Crippen LogP contribution < -0.4 is 5.32 Å². The van der Waals surface area contributed by atoms with Crippen LogP contribution in [0.25, 0.3) is 5.69 Å². The van der Waals surface area contributed by atoms with Crippen molar-refractivity contribution in [1.82, 2.24) is 9.78 Å². The van der Waals surface area contributed by atoms with Gasteiger partial charge in [0.1, 0.15) is 5.82 Å². The van der Waals surface area contributed by atoms with Crippen molar-refractivity contribution in [3.63, 3.8) is 0 Å². The number of nitrogens with zero attached hydrogens (tertiary/aromatic N) is 2. The van der Waals surface area contributed by atoms with Crippen LogP contribution in [0.15, 0.2) is 54.9 Å². The lowest BCUT2D eigenvalue weighted by atomic mass is 10.1. The first-order valence-electron chi connectivity index (χ1n) is 6.91. The summed E-state index contributed by atoms with van der Waals surface area (Å²) in [6.07, 6.45) is 3.10. The van der Waals surface area contributed by atoms with E-state index in [0.717, 1.165) is 5.56 Å². The third-order valence-corrected chi connectivity index (χ3v) is 3.63. The fraction of sp³-hybridized carbons (Fsp3) is 0.0588. The normalized spacial score (nSPS) is 10.6. The summed E-state index contributed by atoms with van der Waals surface area (Å²) in [5.74, 6) is -1.09. The van der Waals surface area contributed by atoms with E-state index in [-0.39, 0.29) is 5.56 Å². The molecule has 0 aliphatic rings. The second kappa shape index (κ2) is 6.22. The molecule has 23 heavy (non-hydrogen) atoms. The van der Waals surface area contributed by atoms with E-state index in [2.05, 4.69) is 10.4 Å². The van der Waals surface area contributed by atoms with Gasteiger partial charge in [0.2, 0.25) is 0 Å². The maximum atomic E-state index is 13.7. The Balaban J connectivity index is 1.83. The minimum atomic E-state index is -0.563. The van der Waals surface area contributed by atoms with Gasteiger partial charge < -0.3 is 5.32 Å². The van der Waals surface area contributed by atoms with Gasteiger partial charge in [0.15, 0.2) is 0 Å². The molecule has 1 amide bonds. The Kier molecular flexibility index (Phi) is 4.12. The molecule has 6 heteroatoms. The molecule has 116 valence electrons. The van der Waals surface area contributed by atoms with Crippen LogP contribution in [0.4, 0.5) is 10.1 Å². The predicted molar refractivity (Wildman–Crippen MR) is 87.7 cm³/mol. The number of anilines is 1. The number of aromatic nitrogens is 2. The van der Waals surface area contributed by atoms with E-state index in [9.17, 15) is 9.18 Å². The van der Waals surface area contributed by atoms with Gasteiger partial charge in [-0.15, -0.1) is 0 Å². The van der Waals surface area contributed by atoms with Crippen molar-refractivity contribution < 1.29 is 9.18 Å². The molecule has 1 N–H and O–H groups in total. The van der Waals surface area contributed by atoms with E-state index >= 15 is 0 Å². The van der Waals surface area contributed by atoms with E-state index in [1.165, 1.54) is 18.3 Å². The molecular formula is C17H13ClFN3O. The highest BCUT2D eigenvalue weighted by molar-refractivity contribution is 6.32. The van der Waals surface area contributed by atoms with E-state index in [1.54, 1.807) is 36.0 Å². The first-order chi connectivity index (χ1) is 11.0. The Bertz CT molecular complexity index is 876. The average molecular weight is 330 g/mol. The van der Waals surface area contributed by atoms with Gasteiger partial charge in [-0.05, 0) is 31.2 Å². The van der Waals surface area contributed by atoms with Gasteiger partial charge in [-0.25, -0.2) is 9.07 Å². The van der Waals surface area contributed by atoms with Crippen molar-refractivity contribution in [3.05, 3.63) is 76.8 Å². The summed E-state index contributed by atoms with van der Waals surface area (Å²) in [6.45, 7) is 1.80. The molecule has 1 heterocycles. The van der Waals surface area contributed by atoms with Crippen LogP contribution in [0.5, 0.6) is 0 Å². The Morgan fingerprint density at radius 3 is 2.83 bits per heavy atom. The number of hydrogen-bond acceptors (Lipinski definition) is 2. The van der Waals surface area contributed by atoms with E-state index in [4.69, 9.17) is 11.6 Å². The average Bonchev–Trinajstić information content (AvgIpc) is 2.98. The summed E-state index contributed by atoms with van der Waals surface area (Å²) in [5, 5.41) is 7.33. The Morgan fingerprint density at radius 1 is 1.26 bits per heavy atom. The fourth-order valence-corrected chi connectivity index (χ4v) is 2.39. The standard InChI is InChI=1S/C17H13ClFN3O/c1-11-6-7-15(19)13(8-11)17(23)21-12-9-20-22(10-12)16-5-3-2-4-14(16)18/h2-10H,1H3,(H,21,23). The number of nitrogens with one attached hydrogen (secondary N) is 1. The highest BCUT2D eigenvalue weighted by Crippen LogP contribution is 2.21. The van der Waals surface area contributed by atoms with Crippen molar-refractivity contribution in [2.45, 2.75) is 6.92 Å². The topological polar surface area (TPSA) is 46.9 Å². The van der Waals surface area contributed by atoms with Crippen LogP contribution in [-0.4, -0.2) is 15.7 Å². The van der Waals surface area contributed by atoms with Gasteiger partial charge in [-0.1, -0.05) is 35.4 Å². The van der Waals surface area contributed by atoms with Gasteiger partial charge in [-0.3, -0.25) is 4.79 Å². The zero-order chi connectivity index (χ0) is 16.4. The Hall–Kier alpha value is -2.66. The highest BCUT2D eigenvalue weighted by Gasteiger charge is 2.13. The molecule has 4 nitrogen and oxygen atoms in total. The lowest BCUT2D eigenvalue weighted by Gasteiger charge is -2.05. The van der Waals surface area contributed by atoms with Crippen molar-refractivity contribution in [2.75, 3.05) is 5.32 Å². The molecule has 3 aromatic rings. The van der Waals surface area contributed by atoms with Crippen LogP contribution in [0.1, 0.15) is 15.9 Å². The molecule has 0 fully saturated rings. The SMILES string of the molecule is Cc1ccc(F)c(C(=O)Nc2cnn(-c3ccccc3Cl)c2)c1. The third-order valence-electron chi connectivity index (χ3n) is 3.31. The van der Waals surface area contributed by atoms with Gasteiger partial charge in [-0.2, -0.15) is 5.10 Å². The number of carbonyl (C=O) groups excluding carboxylic acids is 1. The number of para-hydroxylation sites is 1. The molecule has 0 radical (unpaired) electrons. The van der Waals surface area contributed by atoms with E-state index in [0.29, 0.717) is 16.4 Å². The van der Waals surface area contributed by atoms with Crippen LogP contribution in [0.3, 0.4) is 0 Å². The molecule has 0 unspecified atom stereocenters. The molecule has 3 rings (SSSR count). The molecule has 1 aromatic heterocycles. The fourth-order valence-electron chi connectivity index (χ4n) is 2.17. The maximum absolute atomic E-state index is 13.7. The largest absolute Gasteiger partial charge is 0.319 e. The Morgan fingerprint density at radius 2 is 2.04 bits per heavy atom. The first kappa shape index (κ1) is 15.2. The molecule has 0 spiro atoms. The molecule has 2 aromatic carbocycles. The van der Waals surface area contributed by atoms with Crippen LogP contribution in [-0.2, 0) is 0 Å². The number of amides is 1. The number of halogens is 2. The quantitative estimate of drug-likeness (QED) is 0.781. The summed E-state index contributed by atoms with van der Waals surface area (Å²) in [4.78, 5) is 12.2. The molecule has 0 aliphatic heterocycles. The summed E-state index contributed by atoms with van der Waals surface area (Å²) in [7, 11) is 0. The lowest BCUT2D eigenvalue weighted by Crippen LogP contribution is -2.13. The van der Waals surface area contributed by atoms with E-state index < -0.39 is 11.7 Å². The first-order valence-corrected chi connectivity index (χ1v) is 7.29. The van der Waals surface area contributed by atoms with Crippen molar-refractivity contribution in [3.8, 4) is 5.69 Å². The number of benzene rings is 2. The number of aryl methyl sites for hydroxylation is 1. The van der Waals surface area contributed by atoms with E-state index in [1.807, 2.05) is 12.1 Å². The monoisotopic (exact) mass is 329 g/mol. The van der Waals surface area contributed by atoms with Gasteiger partial charge >= 0.3 is 0 Å². The second-order valence-electron chi connectivity index (χ2n) is 5.06. The molecule has 0 saturated heterocycles. The molecule has 0 saturated carbocycles. The molecule has 0 aliphatic carbocycles. The smallest absolute Gasteiger partial charge is 0.258 e.